The van der Waals surface area contributed by atoms with Crippen molar-refractivity contribution < 1.29 is 0 Å². The summed E-state index contributed by atoms with van der Waals surface area (Å²) in [6, 6.07) is 2.27. The molecule has 0 saturated carbocycles. The lowest BCUT2D eigenvalue weighted by molar-refractivity contribution is 1.07. The summed E-state index contributed by atoms with van der Waals surface area (Å²) < 4.78 is 0.695. The maximum Gasteiger partial charge on any atom is 0.143 e. The zero-order valence-corrected chi connectivity index (χ0v) is 6.07. The standard InChI is InChI=1S/C5H4BrN3/c6-5-4(1-2-7)3-8-9-5/h3H,7H2,(H,8,9). The Labute approximate surface area is 60.8 Å². The fourth-order valence-corrected chi connectivity index (χ4v) is 0.755. The van der Waals surface area contributed by atoms with E-state index in [-0.39, 0.29) is 0 Å². The maximum atomic E-state index is 4.96. The molecule has 0 fully saturated rings. The van der Waals surface area contributed by atoms with E-state index in [4.69, 9.17) is 5.73 Å². The number of H-pyrrole nitrogens is 1. The van der Waals surface area contributed by atoms with Crippen molar-refractivity contribution in [2.45, 2.75) is 0 Å². The largest absolute Gasteiger partial charge is 0.359 e. The molecule has 0 amide bonds. The average molecular weight is 186 g/mol. The molecule has 0 radical (unpaired) electrons. The number of nitrogens with zero attached hydrogens (tertiary/aromatic N) is 1. The number of nitrogens with two attached hydrogens (primary N) is 1. The van der Waals surface area contributed by atoms with Gasteiger partial charge in [0, 0.05) is 12.2 Å². The topological polar surface area (TPSA) is 54.7 Å². The zero-order valence-electron chi connectivity index (χ0n) is 4.48. The third kappa shape index (κ3) is 1.24. The molecule has 0 aliphatic rings. The van der Waals surface area contributed by atoms with Crippen LogP contribution in [0.1, 0.15) is 5.56 Å². The van der Waals surface area contributed by atoms with Crippen molar-refractivity contribution in [1.29, 1.82) is 0 Å². The van der Waals surface area contributed by atoms with Crippen LogP contribution in [0.15, 0.2) is 10.8 Å². The molecule has 1 aromatic heterocycles. The van der Waals surface area contributed by atoms with Crippen LogP contribution in [-0.2, 0) is 0 Å². The highest BCUT2D eigenvalue weighted by Crippen LogP contribution is 2.09. The summed E-state index contributed by atoms with van der Waals surface area (Å²) in [6.45, 7) is 0. The third-order valence-electron chi connectivity index (χ3n) is 0.801. The number of nitrogens with one attached hydrogen (secondary N) is 1. The first-order valence-corrected chi connectivity index (χ1v) is 3.05. The summed E-state index contributed by atoms with van der Waals surface area (Å²) in [5, 5.41) is 6.40. The molecule has 46 valence electrons. The van der Waals surface area contributed by atoms with Crippen LogP contribution in [0.2, 0.25) is 0 Å². The van der Waals surface area contributed by atoms with Crippen LogP contribution < -0.4 is 5.73 Å². The first-order chi connectivity index (χ1) is 4.34. The van der Waals surface area contributed by atoms with E-state index < -0.39 is 0 Å². The molecule has 9 heavy (non-hydrogen) atoms. The quantitative estimate of drug-likeness (QED) is 0.456. The molecular weight excluding hydrogens is 182 g/mol. The molecular formula is C5H4BrN3. The number of aromatic nitrogens is 2. The molecule has 1 heterocycles. The van der Waals surface area contributed by atoms with Crippen molar-refractivity contribution in [3.05, 3.63) is 16.4 Å². The maximum absolute atomic E-state index is 4.96. The summed E-state index contributed by atoms with van der Waals surface area (Å²) in [6.07, 6.45) is 1.67. The fraction of sp³-hybridized carbons (Fsp3) is 0. The fourth-order valence-electron chi connectivity index (χ4n) is 0.439. The lowest BCUT2D eigenvalue weighted by Crippen LogP contribution is -1.77. The van der Waals surface area contributed by atoms with Gasteiger partial charge in [0.25, 0.3) is 0 Å². The van der Waals surface area contributed by atoms with E-state index >= 15 is 0 Å². The number of hydrogen-bond acceptors (Lipinski definition) is 2. The Morgan fingerprint density at radius 3 is 3.00 bits per heavy atom. The minimum absolute atomic E-state index is 0.695. The van der Waals surface area contributed by atoms with E-state index in [1.807, 2.05) is 0 Å². The van der Waals surface area contributed by atoms with Crippen molar-refractivity contribution >= 4 is 15.9 Å². The lowest BCUT2D eigenvalue weighted by atomic mass is 10.4. The Balaban J connectivity index is 3.03. The second-order valence-electron chi connectivity index (χ2n) is 1.36. The molecule has 0 aromatic carbocycles. The van der Waals surface area contributed by atoms with Gasteiger partial charge in [-0.15, -0.1) is 0 Å². The van der Waals surface area contributed by atoms with Crippen LogP contribution in [0.4, 0.5) is 0 Å². The molecule has 0 unspecified atom stereocenters. The van der Waals surface area contributed by atoms with Gasteiger partial charge in [0.15, 0.2) is 0 Å². The predicted octanol–water partition coefficient (Wildman–Crippen LogP) is 0.440. The third-order valence-corrected chi connectivity index (χ3v) is 1.41. The van der Waals surface area contributed by atoms with Crippen LogP contribution in [0.25, 0.3) is 0 Å². The Hall–Kier alpha value is -0.950. The Morgan fingerprint density at radius 2 is 2.56 bits per heavy atom. The summed E-state index contributed by atoms with van der Waals surface area (Å²) >= 11 is 3.17. The molecule has 3 nitrogen and oxygen atoms in total. The van der Waals surface area contributed by atoms with Crippen LogP contribution >= 0.6 is 15.9 Å². The van der Waals surface area contributed by atoms with Gasteiger partial charge in [0.1, 0.15) is 4.60 Å². The van der Waals surface area contributed by atoms with Crippen LogP contribution in [-0.4, -0.2) is 10.2 Å². The summed E-state index contributed by atoms with van der Waals surface area (Å²) in [5.41, 5.74) is 5.74. The van der Waals surface area contributed by atoms with Crippen LogP contribution in [0.3, 0.4) is 0 Å². The number of halogens is 1. The summed E-state index contributed by atoms with van der Waals surface area (Å²) in [5.74, 6) is 2.64. The normalized spacial score (nSPS) is 8.11. The molecule has 0 bridgehead atoms. The molecule has 0 saturated heterocycles. The number of aromatic amines is 1. The Morgan fingerprint density at radius 1 is 1.78 bits per heavy atom. The van der Waals surface area contributed by atoms with Gasteiger partial charge in [-0.25, -0.2) is 0 Å². The van der Waals surface area contributed by atoms with Gasteiger partial charge in [-0.1, -0.05) is 0 Å². The van der Waals surface area contributed by atoms with E-state index in [0.29, 0.717) is 4.60 Å². The second-order valence-corrected chi connectivity index (χ2v) is 2.11. The van der Waals surface area contributed by atoms with Crippen LogP contribution in [0.5, 0.6) is 0 Å². The highest BCUT2D eigenvalue weighted by atomic mass is 79.9. The van der Waals surface area contributed by atoms with Crippen molar-refractivity contribution in [3.8, 4) is 12.0 Å². The monoisotopic (exact) mass is 185 g/mol. The van der Waals surface area contributed by atoms with Crippen molar-refractivity contribution in [3.63, 3.8) is 0 Å². The first kappa shape index (κ1) is 6.17. The van der Waals surface area contributed by atoms with E-state index in [9.17, 15) is 0 Å². The SMILES string of the molecule is NC#Cc1c[nH]nc1Br. The van der Waals surface area contributed by atoms with Gasteiger partial charge in [0.05, 0.1) is 5.56 Å². The first-order valence-electron chi connectivity index (χ1n) is 2.25. The van der Waals surface area contributed by atoms with Gasteiger partial charge in [-0.3, -0.25) is 5.10 Å². The van der Waals surface area contributed by atoms with Crippen molar-refractivity contribution in [2.75, 3.05) is 0 Å². The molecule has 4 heteroatoms. The van der Waals surface area contributed by atoms with Gasteiger partial charge in [0.2, 0.25) is 0 Å². The molecule has 1 rings (SSSR count). The molecule has 0 spiro atoms. The summed E-state index contributed by atoms with van der Waals surface area (Å²) in [4.78, 5) is 0. The van der Waals surface area contributed by atoms with Gasteiger partial charge < -0.3 is 5.73 Å². The molecule has 3 N–H and O–H groups in total. The van der Waals surface area contributed by atoms with Crippen LogP contribution in [0, 0.1) is 12.0 Å². The highest BCUT2D eigenvalue weighted by Gasteiger charge is 1.95. The molecule has 0 aliphatic heterocycles. The smallest absolute Gasteiger partial charge is 0.143 e. The van der Waals surface area contributed by atoms with Gasteiger partial charge in [-0.05, 0) is 21.9 Å². The van der Waals surface area contributed by atoms with Gasteiger partial charge >= 0.3 is 0 Å². The molecule has 0 atom stereocenters. The lowest BCUT2D eigenvalue weighted by Gasteiger charge is -1.75. The molecule has 0 aliphatic carbocycles. The zero-order chi connectivity index (χ0) is 6.69. The van der Waals surface area contributed by atoms with E-state index in [2.05, 4.69) is 38.1 Å². The highest BCUT2D eigenvalue weighted by molar-refractivity contribution is 9.10. The van der Waals surface area contributed by atoms with E-state index in [0.717, 1.165) is 5.56 Å². The minimum atomic E-state index is 0.695. The van der Waals surface area contributed by atoms with E-state index in [1.165, 1.54) is 0 Å². The molecule has 1 aromatic rings. The van der Waals surface area contributed by atoms with Crippen molar-refractivity contribution in [1.82, 2.24) is 10.2 Å². The average Bonchev–Trinajstić information content (AvgIpc) is 2.18. The Bertz CT molecular complexity index is 255. The predicted molar refractivity (Wildman–Crippen MR) is 37.4 cm³/mol. The Kier molecular flexibility index (Phi) is 1.75. The number of hydrogen-bond donors (Lipinski definition) is 2. The van der Waals surface area contributed by atoms with Crippen molar-refractivity contribution in [2.24, 2.45) is 5.73 Å². The summed E-state index contributed by atoms with van der Waals surface area (Å²) in [7, 11) is 0. The minimum Gasteiger partial charge on any atom is -0.359 e. The second kappa shape index (κ2) is 2.55. The van der Waals surface area contributed by atoms with E-state index in [1.54, 1.807) is 6.20 Å². The van der Waals surface area contributed by atoms with Gasteiger partial charge in [-0.2, -0.15) is 5.10 Å². The number of rotatable bonds is 0.